The molecule has 102 valence electrons. The summed E-state index contributed by atoms with van der Waals surface area (Å²) in [5, 5.41) is 3.30. The largest absolute Gasteiger partial charge is 0.309 e. The minimum Gasteiger partial charge on any atom is -0.309 e. The maximum atomic E-state index is 11.5. The molecule has 4 heteroatoms. The highest BCUT2D eigenvalue weighted by Gasteiger charge is 2.16. The molecule has 1 N–H and O–H groups in total. The zero-order valence-corrected chi connectivity index (χ0v) is 12.3. The average molecular weight is 269 g/mol. The lowest BCUT2D eigenvalue weighted by Crippen LogP contribution is -2.28. The lowest BCUT2D eigenvalue weighted by molar-refractivity contribution is 0.549. The number of hydrogen-bond acceptors (Lipinski definition) is 3. The highest BCUT2D eigenvalue weighted by molar-refractivity contribution is 7.90. The van der Waals surface area contributed by atoms with Gasteiger partial charge in [-0.05, 0) is 30.5 Å². The first-order valence-corrected chi connectivity index (χ1v) is 8.52. The Morgan fingerprint density at radius 1 is 1.17 bits per heavy atom. The van der Waals surface area contributed by atoms with Gasteiger partial charge < -0.3 is 5.32 Å². The van der Waals surface area contributed by atoms with Crippen molar-refractivity contribution in [3.8, 4) is 0 Å². The first-order valence-electron chi connectivity index (χ1n) is 6.46. The molecule has 3 nitrogen and oxygen atoms in total. The monoisotopic (exact) mass is 269 g/mol. The fourth-order valence-corrected chi connectivity index (χ4v) is 2.80. The third-order valence-electron chi connectivity index (χ3n) is 2.90. The normalized spacial score (nSPS) is 13.5. The second-order valence-electron chi connectivity index (χ2n) is 4.69. The smallest absolute Gasteiger partial charge is 0.149 e. The van der Waals surface area contributed by atoms with Crippen molar-refractivity contribution in [3.05, 3.63) is 35.4 Å². The standard InChI is InChI=1S/C14H23NO2S/c1-4-10-15-14(11-18(3,16)17)13-8-6-12(5-2)7-9-13/h6-9,14-15H,4-5,10-11H2,1-3H3. The van der Waals surface area contributed by atoms with Crippen molar-refractivity contribution in [2.45, 2.75) is 32.7 Å². The molecule has 0 amide bonds. The van der Waals surface area contributed by atoms with Gasteiger partial charge in [0.2, 0.25) is 0 Å². The van der Waals surface area contributed by atoms with Gasteiger partial charge in [-0.2, -0.15) is 0 Å². The number of sulfone groups is 1. The first-order chi connectivity index (χ1) is 8.46. The summed E-state index contributed by atoms with van der Waals surface area (Å²) in [6.45, 7) is 5.01. The van der Waals surface area contributed by atoms with Crippen LogP contribution in [0.5, 0.6) is 0 Å². The Hall–Kier alpha value is -0.870. The Kier molecular flexibility index (Phi) is 5.82. The van der Waals surface area contributed by atoms with Crippen LogP contribution >= 0.6 is 0 Å². The van der Waals surface area contributed by atoms with E-state index in [0.29, 0.717) is 0 Å². The molecule has 0 radical (unpaired) electrons. The predicted octanol–water partition coefficient (Wildman–Crippen LogP) is 2.33. The van der Waals surface area contributed by atoms with Gasteiger partial charge >= 0.3 is 0 Å². The van der Waals surface area contributed by atoms with E-state index in [1.807, 2.05) is 12.1 Å². The van der Waals surface area contributed by atoms with Crippen LogP contribution in [0.2, 0.25) is 0 Å². The number of aryl methyl sites for hydroxylation is 1. The molecule has 0 saturated carbocycles. The van der Waals surface area contributed by atoms with Crippen molar-refractivity contribution < 1.29 is 8.42 Å². The molecule has 0 spiro atoms. The van der Waals surface area contributed by atoms with E-state index in [1.54, 1.807) is 0 Å². The van der Waals surface area contributed by atoms with Crippen LogP contribution in [0.3, 0.4) is 0 Å². The van der Waals surface area contributed by atoms with Crippen molar-refractivity contribution in [1.29, 1.82) is 0 Å². The molecule has 0 heterocycles. The Bertz CT molecular complexity index is 451. The van der Waals surface area contributed by atoms with Gasteiger partial charge in [-0.15, -0.1) is 0 Å². The zero-order chi connectivity index (χ0) is 13.6. The van der Waals surface area contributed by atoms with E-state index in [-0.39, 0.29) is 11.8 Å². The van der Waals surface area contributed by atoms with Crippen LogP contribution in [0.1, 0.15) is 37.4 Å². The van der Waals surface area contributed by atoms with Crippen LogP contribution in [-0.4, -0.2) is 27.0 Å². The van der Waals surface area contributed by atoms with Crippen molar-refractivity contribution in [2.75, 3.05) is 18.6 Å². The molecule has 0 aliphatic carbocycles. The van der Waals surface area contributed by atoms with Gasteiger partial charge in [0, 0.05) is 12.3 Å². The van der Waals surface area contributed by atoms with E-state index in [2.05, 4.69) is 31.3 Å². The van der Waals surface area contributed by atoms with E-state index in [4.69, 9.17) is 0 Å². The van der Waals surface area contributed by atoms with E-state index in [0.717, 1.165) is 24.9 Å². The van der Waals surface area contributed by atoms with Crippen molar-refractivity contribution in [2.24, 2.45) is 0 Å². The molecule has 0 aromatic heterocycles. The first kappa shape index (κ1) is 15.2. The van der Waals surface area contributed by atoms with Crippen LogP contribution in [-0.2, 0) is 16.3 Å². The van der Waals surface area contributed by atoms with E-state index < -0.39 is 9.84 Å². The number of benzene rings is 1. The fraction of sp³-hybridized carbons (Fsp3) is 0.571. The van der Waals surface area contributed by atoms with Crippen molar-refractivity contribution in [1.82, 2.24) is 5.32 Å². The van der Waals surface area contributed by atoms with Crippen LogP contribution in [0.4, 0.5) is 0 Å². The topological polar surface area (TPSA) is 46.2 Å². The molecule has 0 aliphatic heterocycles. The second kappa shape index (κ2) is 6.90. The predicted molar refractivity (Wildman–Crippen MR) is 76.6 cm³/mol. The molecule has 1 unspecified atom stereocenters. The minimum atomic E-state index is -2.98. The molecule has 0 saturated heterocycles. The van der Waals surface area contributed by atoms with E-state index in [9.17, 15) is 8.42 Å². The van der Waals surface area contributed by atoms with Gasteiger partial charge in [0.1, 0.15) is 9.84 Å². The summed E-state index contributed by atoms with van der Waals surface area (Å²) in [6, 6.07) is 8.08. The molecule has 1 atom stereocenters. The highest BCUT2D eigenvalue weighted by atomic mass is 32.2. The van der Waals surface area contributed by atoms with Crippen LogP contribution in [0.15, 0.2) is 24.3 Å². The SMILES string of the molecule is CCCNC(CS(C)(=O)=O)c1ccc(CC)cc1. The van der Waals surface area contributed by atoms with Crippen LogP contribution < -0.4 is 5.32 Å². The quantitative estimate of drug-likeness (QED) is 0.826. The number of hydrogen-bond donors (Lipinski definition) is 1. The second-order valence-corrected chi connectivity index (χ2v) is 6.88. The fourth-order valence-electron chi connectivity index (χ4n) is 1.88. The summed E-state index contributed by atoms with van der Waals surface area (Å²) in [6.07, 6.45) is 3.28. The summed E-state index contributed by atoms with van der Waals surface area (Å²) in [5.74, 6) is 0.151. The molecule has 0 bridgehead atoms. The van der Waals surface area contributed by atoms with Gasteiger partial charge in [-0.3, -0.25) is 0 Å². The maximum Gasteiger partial charge on any atom is 0.149 e. The van der Waals surface area contributed by atoms with Crippen molar-refractivity contribution in [3.63, 3.8) is 0 Å². The third-order valence-corrected chi connectivity index (χ3v) is 3.84. The zero-order valence-electron chi connectivity index (χ0n) is 11.4. The maximum absolute atomic E-state index is 11.5. The van der Waals surface area contributed by atoms with Crippen LogP contribution in [0, 0.1) is 0 Å². The molecule has 18 heavy (non-hydrogen) atoms. The van der Waals surface area contributed by atoms with Crippen molar-refractivity contribution >= 4 is 9.84 Å². The van der Waals surface area contributed by atoms with Crippen LogP contribution in [0.25, 0.3) is 0 Å². The van der Waals surface area contributed by atoms with E-state index in [1.165, 1.54) is 11.8 Å². The Morgan fingerprint density at radius 2 is 1.78 bits per heavy atom. The average Bonchev–Trinajstić information content (AvgIpc) is 2.33. The van der Waals surface area contributed by atoms with Gasteiger partial charge in [-0.25, -0.2) is 8.42 Å². The summed E-state index contributed by atoms with van der Waals surface area (Å²) in [4.78, 5) is 0. The lowest BCUT2D eigenvalue weighted by atomic mass is 10.0. The lowest BCUT2D eigenvalue weighted by Gasteiger charge is -2.18. The summed E-state index contributed by atoms with van der Waals surface area (Å²) < 4.78 is 22.9. The van der Waals surface area contributed by atoms with Gasteiger partial charge in [0.25, 0.3) is 0 Å². The van der Waals surface area contributed by atoms with Gasteiger partial charge in [-0.1, -0.05) is 38.1 Å². The number of nitrogens with one attached hydrogen (secondary N) is 1. The molecule has 0 fully saturated rings. The summed E-state index contributed by atoms with van der Waals surface area (Å²) >= 11 is 0. The number of rotatable bonds is 7. The Balaban J connectivity index is 2.86. The highest BCUT2D eigenvalue weighted by Crippen LogP contribution is 2.16. The molecule has 1 aromatic rings. The van der Waals surface area contributed by atoms with E-state index >= 15 is 0 Å². The summed E-state index contributed by atoms with van der Waals surface area (Å²) in [5.41, 5.74) is 2.32. The van der Waals surface area contributed by atoms with Gasteiger partial charge in [0.15, 0.2) is 0 Å². The molecular weight excluding hydrogens is 246 g/mol. The Labute approximate surface area is 111 Å². The molecule has 1 rings (SSSR count). The third kappa shape index (κ3) is 5.19. The molecular formula is C14H23NO2S. The summed E-state index contributed by atoms with van der Waals surface area (Å²) in [7, 11) is -2.98. The Morgan fingerprint density at radius 3 is 2.22 bits per heavy atom. The minimum absolute atomic E-state index is 0.106. The van der Waals surface area contributed by atoms with Gasteiger partial charge in [0.05, 0.1) is 5.75 Å². The molecule has 1 aromatic carbocycles. The molecule has 0 aliphatic rings.